The molecule has 1 atom stereocenters. The Labute approximate surface area is 121 Å². The second kappa shape index (κ2) is 7.14. The molecule has 0 radical (unpaired) electrons. The predicted molar refractivity (Wildman–Crippen MR) is 80.8 cm³/mol. The van der Waals surface area contributed by atoms with E-state index in [1.165, 1.54) is 6.07 Å². The van der Waals surface area contributed by atoms with Gasteiger partial charge in [0.2, 0.25) is 0 Å². The Morgan fingerprint density at radius 2 is 2.20 bits per heavy atom. The number of thioether (sulfide) groups is 1. The summed E-state index contributed by atoms with van der Waals surface area (Å²) in [5.74, 6) is 0.178. The average molecular weight is 298 g/mol. The van der Waals surface area contributed by atoms with Gasteiger partial charge in [0.05, 0.1) is 10.5 Å². The summed E-state index contributed by atoms with van der Waals surface area (Å²) >= 11 is 1.72. The standard InChI is InChI=1S/C13H18N2O4S/c1-8(7-20-3)6-14-11-4-10(13(16)17)5-12(9(11)2)15(18)19/h4-5,8,14H,6-7H2,1-3H3,(H,16,17). The van der Waals surface area contributed by atoms with E-state index in [1.807, 2.05) is 6.26 Å². The third kappa shape index (κ3) is 4.12. The summed E-state index contributed by atoms with van der Waals surface area (Å²) in [6.07, 6.45) is 2.01. The maximum Gasteiger partial charge on any atom is 0.336 e. The fourth-order valence-corrected chi connectivity index (χ4v) is 2.51. The summed E-state index contributed by atoms with van der Waals surface area (Å²) in [4.78, 5) is 21.4. The van der Waals surface area contributed by atoms with Gasteiger partial charge in [0.25, 0.3) is 5.69 Å². The molecule has 20 heavy (non-hydrogen) atoms. The number of nitrogens with one attached hydrogen (secondary N) is 1. The van der Waals surface area contributed by atoms with Crippen molar-refractivity contribution in [2.24, 2.45) is 5.92 Å². The molecule has 110 valence electrons. The van der Waals surface area contributed by atoms with Gasteiger partial charge in [-0.25, -0.2) is 4.79 Å². The Morgan fingerprint density at radius 1 is 1.55 bits per heavy atom. The number of aromatic carboxylic acids is 1. The lowest BCUT2D eigenvalue weighted by molar-refractivity contribution is -0.385. The van der Waals surface area contributed by atoms with E-state index in [1.54, 1.807) is 18.7 Å². The highest BCUT2D eigenvalue weighted by Gasteiger charge is 2.19. The van der Waals surface area contributed by atoms with E-state index in [9.17, 15) is 14.9 Å². The summed E-state index contributed by atoms with van der Waals surface area (Å²) in [5.41, 5.74) is 0.702. The minimum atomic E-state index is -1.17. The molecule has 0 aliphatic rings. The van der Waals surface area contributed by atoms with Crippen LogP contribution in [-0.2, 0) is 0 Å². The molecule has 1 unspecified atom stereocenters. The maximum absolute atomic E-state index is 11.0. The molecule has 0 saturated carbocycles. The van der Waals surface area contributed by atoms with Crippen molar-refractivity contribution < 1.29 is 14.8 Å². The molecule has 0 aliphatic heterocycles. The van der Waals surface area contributed by atoms with Gasteiger partial charge in [-0.15, -0.1) is 0 Å². The maximum atomic E-state index is 11.0. The fraction of sp³-hybridized carbons (Fsp3) is 0.462. The van der Waals surface area contributed by atoms with Gasteiger partial charge in [0.15, 0.2) is 0 Å². The third-order valence-electron chi connectivity index (χ3n) is 2.92. The number of nitro benzene ring substituents is 1. The topological polar surface area (TPSA) is 92.5 Å². The lowest BCUT2D eigenvalue weighted by atomic mass is 10.1. The highest BCUT2D eigenvalue weighted by Crippen LogP contribution is 2.28. The number of hydrogen-bond acceptors (Lipinski definition) is 5. The SMILES string of the molecule is CSCC(C)CNc1cc(C(=O)O)cc([N+](=O)[O-])c1C. The van der Waals surface area contributed by atoms with E-state index >= 15 is 0 Å². The van der Waals surface area contributed by atoms with Gasteiger partial charge in [-0.2, -0.15) is 11.8 Å². The first-order valence-electron chi connectivity index (χ1n) is 6.12. The number of hydrogen-bond donors (Lipinski definition) is 2. The molecule has 6 nitrogen and oxygen atoms in total. The van der Waals surface area contributed by atoms with Crippen LogP contribution in [0.25, 0.3) is 0 Å². The second-order valence-electron chi connectivity index (χ2n) is 4.67. The molecule has 1 rings (SSSR count). The van der Waals surface area contributed by atoms with Crippen LogP contribution in [0.3, 0.4) is 0 Å². The van der Waals surface area contributed by atoms with E-state index in [4.69, 9.17) is 5.11 Å². The van der Waals surface area contributed by atoms with Gasteiger partial charge in [-0.1, -0.05) is 6.92 Å². The molecule has 0 bridgehead atoms. The normalized spacial score (nSPS) is 11.9. The number of carboxylic acid groups (broad SMARTS) is 1. The van der Waals surface area contributed by atoms with Gasteiger partial charge in [-0.3, -0.25) is 10.1 Å². The zero-order chi connectivity index (χ0) is 15.3. The molecule has 0 aliphatic carbocycles. The fourth-order valence-electron chi connectivity index (χ4n) is 1.82. The molecule has 7 heteroatoms. The molecular weight excluding hydrogens is 280 g/mol. The van der Waals surface area contributed by atoms with Crippen LogP contribution in [0.1, 0.15) is 22.8 Å². The van der Waals surface area contributed by atoms with Crippen LogP contribution in [0, 0.1) is 23.0 Å². The van der Waals surface area contributed by atoms with Crippen molar-refractivity contribution >= 4 is 29.1 Å². The lowest BCUT2D eigenvalue weighted by Crippen LogP contribution is -2.15. The van der Waals surface area contributed by atoms with Crippen molar-refractivity contribution in [1.82, 2.24) is 0 Å². The minimum Gasteiger partial charge on any atom is -0.478 e. The van der Waals surface area contributed by atoms with Crippen LogP contribution in [0.15, 0.2) is 12.1 Å². The summed E-state index contributed by atoms with van der Waals surface area (Å²) < 4.78 is 0. The molecular formula is C13H18N2O4S. The summed E-state index contributed by atoms with van der Waals surface area (Å²) in [6, 6.07) is 2.53. The van der Waals surface area contributed by atoms with Crippen molar-refractivity contribution in [3.63, 3.8) is 0 Å². The molecule has 2 N–H and O–H groups in total. The van der Waals surface area contributed by atoms with Crippen LogP contribution in [0.5, 0.6) is 0 Å². The Bertz CT molecular complexity index is 519. The van der Waals surface area contributed by atoms with E-state index < -0.39 is 10.9 Å². The second-order valence-corrected chi connectivity index (χ2v) is 5.58. The highest BCUT2D eigenvalue weighted by molar-refractivity contribution is 7.98. The molecule has 0 fully saturated rings. The molecule has 1 aromatic rings. The van der Waals surface area contributed by atoms with Crippen molar-refractivity contribution in [2.45, 2.75) is 13.8 Å². The summed E-state index contributed by atoms with van der Waals surface area (Å²) in [7, 11) is 0. The number of anilines is 1. The number of carboxylic acids is 1. The number of carbonyl (C=O) groups is 1. The summed E-state index contributed by atoms with van der Waals surface area (Å²) in [5, 5.41) is 23.1. The first-order chi connectivity index (χ1) is 9.36. The van der Waals surface area contributed by atoms with Gasteiger partial charge in [0, 0.05) is 23.9 Å². The smallest absolute Gasteiger partial charge is 0.336 e. The molecule has 0 spiro atoms. The van der Waals surface area contributed by atoms with Crippen LogP contribution in [0.4, 0.5) is 11.4 Å². The summed E-state index contributed by atoms with van der Waals surface area (Å²) in [6.45, 7) is 4.32. The number of rotatable bonds is 7. The third-order valence-corrected chi connectivity index (χ3v) is 3.82. The number of nitrogens with zero attached hydrogens (tertiary/aromatic N) is 1. The Kier molecular flexibility index (Phi) is 5.82. The Hall–Kier alpha value is -1.76. The van der Waals surface area contributed by atoms with Gasteiger partial charge < -0.3 is 10.4 Å². The molecule has 0 heterocycles. The van der Waals surface area contributed by atoms with E-state index in [2.05, 4.69) is 12.2 Å². The van der Waals surface area contributed by atoms with Gasteiger partial charge >= 0.3 is 5.97 Å². The first-order valence-corrected chi connectivity index (χ1v) is 7.51. The number of nitro groups is 1. The molecule has 1 aromatic carbocycles. The van der Waals surface area contributed by atoms with E-state index in [-0.39, 0.29) is 11.3 Å². The van der Waals surface area contributed by atoms with Crippen LogP contribution < -0.4 is 5.32 Å². The highest BCUT2D eigenvalue weighted by atomic mass is 32.2. The number of benzene rings is 1. The van der Waals surface area contributed by atoms with Gasteiger partial charge in [0.1, 0.15) is 0 Å². The molecule has 0 aromatic heterocycles. The largest absolute Gasteiger partial charge is 0.478 e. The van der Waals surface area contributed by atoms with Crippen molar-refractivity contribution in [2.75, 3.05) is 23.9 Å². The zero-order valence-electron chi connectivity index (χ0n) is 11.7. The predicted octanol–water partition coefficient (Wildman–Crippen LogP) is 3.01. The van der Waals surface area contributed by atoms with Crippen molar-refractivity contribution in [1.29, 1.82) is 0 Å². The zero-order valence-corrected chi connectivity index (χ0v) is 12.5. The first kappa shape index (κ1) is 16.3. The van der Waals surface area contributed by atoms with Gasteiger partial charge in [-0.05, 0) is 30.9 Å². The van der Waals surface area contributed by atoms with Crippen LogP contribution >= 0.6 is 11.8 Å². The monoisotopic (exact) mass is 298 g/mol. The van der Waals surface area contributed by atoms with E-state index in [0.717, 1.165) is 11.8 Å². The van der Waals surface area contributed by atoms with Crippen LogP contribution in [-0.4, -0.2) is 34.6 Å². The van der Waals surface area contributed by atoms with Crippen LogP contribution in [0.2, 0.25) is 0 Å². The molecule has 0 amide bonds. The quantitative estimate of drug-likeness (QED) is 0.594. The average Bonchev–Trinajstić information content (AvgIpc) is 2.37. The minimum absolute atomic E-state index is 0.0812. The van der Waals surface area contributed by atoms with Crippen molar-refractivity contribution in [3.8, 4) is 0 Å². The Balaban J connectivity index is 3.05. The lowest BCUT2D eigenvalue weighted by Gasteiger charge is -2.14. The van der Waals surface area contributed by atoms with Crippen molar-refractivity contribution in [3.05, 3.63) is 33.4 Å². The Morgan fingerprint density at radius 3 is 2.70 bits per heavy atom. The van der Waals surface area contributed by atoms with E-state index in [0.29, 0.717) is 23.7 Å². The molecule has 0 saturated heterocycles.